The predicted octanol–water partition coefficient (Wildman–Crippen LogP) is 3.88. The third kappa shape index (κ3) is 5.90. The number of carbonyl (C=O) groups is 1. The monoisotopic (exact) mass is 429 g/mol. The molecule has 1 unspecified atom stereocenters. The lowest BCUT2D eigenvalue weighted by Gasteiger charge is -2.18. The number of halogens is 2. The van der Waals surface area contributed by atoms with Crippen LogP contribution in [-0.2, 0) is 6.42 Å². The van der Waals surface area contributed by atoms with Gasteiger partial charge in [-0.05, 0) is 31.0 Å². The Morgan fingerprint density at radius 2 is 2.00 bits per heavy atom. The third-order valence-corrected chi connectivity index (χ3v) is 4.80. The molecule has 0 saturated carbocycles. The van der Waals surface area contributed by atoms with E-state index in [9.17, 15) is 4.79 Å². The molecule has 0 spiro atoms. The molecule has 6 nitrogen and oxygen atoms in total. The molecular weight excluding hydrogens is 405 g/mol. The number of rotatable bonds is 7. The van der Waals surface area contributed by atoms with Crippen LogP contribution >= 0.6 is 36.2 Å². The van der Waals surface area contributed by atoms with Crippen LogP contribution in [0.5, 0.6) is 0 Å². The molecule has 0 saturated heterocycles. The molecule has 2 aromatic heterocycles. The number of para-hydroxylation sites is 2. The first-order valence-electron chi connectivity index (χ1n) is 8.46. The molecule has 9 heteroatoms. The lowest BCUT2D eigenvalue weighted by molar-refractivity contribution is 0.0925. The van der Waals surface area contributed by atoms with E-state index in [1.165, 1.54) is 11.3 Å². The van der Waals surface area contributed by atoms with Crippen LogP contribution in [0.2, 0.25) is 0 Å². The van der Waals surface area contributed by atoms with Crippen LogP contribution in [0, 0.1) is 5.92 Å². The summed E-state index contributed by atoms with van der Waals surface area (Å²) in [4.78, 5) is 24.9. The van der Waals surface area contributed by atoms with Crippen molar-refractivity contribution in [2.24, 2.45) is 11.7 Å². The normalized spacial score (nSPS) is 11.7. The van der Waals surface area contributed by atoms with E-state index in [2.05, 4.69) is 34.1 Å². The van der Waals surface area contributed by atoms with Gasteiger partial charge in [0.2, 0.25) is 0 Å². The summed E-state index contributed by atoms with van der Waals surface area (Å²) in [5, 5.41) is 5.75. The summed E-state index contributed by atoms with van der Waals surface area (Å²) in [6, 6.07) is 7.69. The van der Waals surface area contributed by atoms with E-state index in [1.54, 1.807) is 5.38 Å². The SMILES string of the molecule is CC(C)CC(NC(=O)c1csc(CCN)n1)c1nc2ccccc2[nH]1.Cl.Cl. The molecule has 1 amide bonds. The summed E-state index contributed by atoms with van der Waals surface area (Å²) in [6.45, 7) is 4.79. The van der Waals surface area contributed by atoms with Gasteiger partial charge in [-0.3, -0.25) is 4.79 Å². The highest BCUT2D eigenvalue weighted by molar-refractivity contribution is 7.09. The number of imidazole rings is 1. The number of H-pyrrole nitrogens is 1. The van der Waals surface area contributed by atoms with Crippen LogP contribution in [0.15, 0.2) is 29.6 Å². The molecule has 0 bridgehead atoms. The molecule has 0 aliphatic carbocycles. The van der Waals surface area contributed by atoms with Crippen LogP contribution in [0.4, 0.5) is 0 Å². The summed E-state index contributed by atoms with van der Waals surface area (Å²) >= 11 is 1.47. The quantitative estimate of drug-likeness (QED) is 0.530. The average molecular weight is 430 g/mol. The number of aromatic nitrogens is 3. The molecule has 1 atom stereocenters. The van der Waals surface area contributed by atoms with Crippen molar-refractivity contribution in [1.29, 1.82) is 0 Å². The number of benzene rings is 1. The van der Waals surface area contributed by atoms with Crippen molar-refractivity contribution in [2.75, 3.05) is 6.54 Å². The Labute approximate surface area is 175 Å². The molecule has 0 fully saturated rings. The predicted molar refractivity (Wildman–Crippen MR) is 115 cm³/mol. The lowest BCUT2D eigenvalue weighted by Crippen LogP contribution is -2.30. The maximum atomic E-state index is 12.6. The molecule has 1 aromatic carbocycles. The molecule has 2 heterocycles. The molecule has 0 radical (unpaired) electrons. The molecule has 27 heavy (non-hydrogen) atoms. The van der Waals surface area contributed by atoms with Crippen LogP contribution in [-0.4, -0.2) is 27.4 Å². The zero-order valence-electron chi connectivity index (χ0n) is 15.3. The van der Waals surface area contributed by atoms with Crippen molar-refractivity contribution in [1.82, 2.24) is 20.3 Å². The van der Waals surface area contributed by atoms with Gasteiger partial charge in [0.15, 0.2) is 0 Å². The Bertz CT molecular complexity index is 831. The zero-order valence-corrected chi connectivity index (χ0v) is 17.7. The second kappa shape index (κ2) is 10.6. The maximum absolute atomic E-state index is 12.6. The van der Waals surface area contributed by atoms with E-state index in [1.807, 2.05) is 24.3 Å². The Kier molecular flexibility index (Phi) is 9.18. The first-order chi connectivity index (χ1) is 12.1. The van der Waals surface area contributed by atoms with Gasteiger partial charge in [0.25, 0.3) is 5.91 Å². The minimum absolute atomic E-state index is 0. The summed E-state index contributed by atoms with van der Waals surface area (Å²) in [7, 11) is 0. The number of aromatic amines is 1. The topological polar surface area (TPSA) is 96.7 Å². The molecule has 3 aromatic rings. The van der Waals surface area contributed by atoms with Crippen molar-refractivity contribution in [2.45, 2.75) is 32.7 Å². The Balaban J connectivity index is 0.00000182. The van der Waals surface area contributed by atoms with Gasteiger partial charge in [-0.25, -0.2) is 9.97 Å². The van der Waals surface area contributed by atoms with E-state index in [4.69, 9.17) is 5.73 Å². The van der Waals surface area contributed by atoms with E-state index in [-0.39, 0.29) is 36.8 Å². The molecule has 0 aliphatic rings. The van der Waals surface area contributed by atoms with Crippen LogP contribution in [0.25, 0.3) is 11.0 Å². The van der Waals surface area contributed by atoms with E-state index in [0.29, 0.717) is 24.6 Å². The van der Waals surface area contributed by atoms with Gasteiger partial charge < -0.3 is 16.0 Å². The fourth-order valence-corrected chi connectivity index (χ4v) is 3.53. The highest BCUT2D eigenvalue weighted by Crippen LogP contribution is 2.22. The number of hydrogen-bond donors (Lipinski definition) is 3. The fourth-order valence-electron chi connectivity index (χ4n) is 2.73. The van der Waals surface area contributed by atoms with Gasteiger partial charge in [-0.2, -0.15) is 0 Å². The van der Waals surface area contributed by atoms with Gasteiger partial charge in [-0.1, -0.05) is 26.0 Å². The van der Waals surface area contributed by atoms with Crippen molar-refractivity contribution in [3.63, 3.8) is 0 Å². The van der Waals surface area contributed by atoms with E-state index < -0.39 is 0 Å². The first kappa shape index (κ1) is 23.4. The summed E-state index contributed by atoms with van der Waals surface area (Å²) in [6.07, 6.45) is 1.49. The number of amides is 1. The molecule has 4 N–H and O–H groups in total. The van der Waals surface area contributed by atoms with Gasteiger partial charge in [0, 0.05) is 11.8 Å². The Morgan fingerprint density at radius 1 is 1.26 bits per heavy atom. The third-order valence-electron chi connectivity index (χ3n) is 3.89. The van der Waals surface area contributed by atoms with Crippen LogP contribution in [0.3, 0.4) is 0 Å². The van der Waals surface area contributed by atoms with Crippen molar-refractivity contribution in [3.8, 4) is 0 Å². The van der Waals surface area contributed by atoms with E-state index in [0.717, 1.165) is 28.3 Å². The molecule has 148 valence electrons. The summed E-state index contributed by atoms with van der Waals surface area (Å²) in [5.41, 5.74) is 7.86. The standard InChI is InChI=1S/C18H23N5OS.2ClH/c1-11(2)9-14(17-21-12-5-3-4-6-13(12)22-17)23-18(24)15-10-25-16(20-15)7-8-19;;/h3-6,10-11,14H,7-9,19H2,1-2H3,(H,21,22)(H,23,24);2*1H. The van der Waals surface area contributed by atoms with E-state index >= 15 is 0 Å². The van der Waals surface area contributed by atoms with Gasteiger partial charge in [0.1, 0.15) is 11.5 Å². The molecule has 3 rings (SSSR count). The highest BCUT2D eigenvalue weighted by Gasteiger charge is 2.21. The summed E-state index contributed by atoms with van der Waals surface area (Å²) < 4.78 is 0. The maximum Gasteiger partial charge on any atom is 0.271 e. The number of nitrogens with two attached hydrogens (primary N) is 1. The van der Waals surface area contributed by atoms with Crippen molar-refractivity contribution < 1.29 is 4.79 Å². The van der Waals surface area contributed by atoms with Crippen molar-refractivity contribution in [3.05, 3.63) is 46.2 Å². The smallest absolute Gasteiger partial charge is 0.271 e. The largest absolute Gasteiger partial charge is 0.341 e. The minimum Gasteiger partial charge on any atom is -0.341 e. The number of hydrogen-bond acceptors (Lipinski definition) is 5. The number of nitrogens with zero attached hydrogens (tertiary/aromatic N) is 2. The first-order valence-corrected chi connectivity index (χ1v) is 9.34. The zero-order chi connectivity index (χ0) is 17.8. The van der Waals surface area contributed by atoms with Crippen LogP contribution in [0.1, 0.15) is 47.6 Å². The van der Waals surface area contributed by atoms with Gasteiger partial charge >= 0.3 is 0 Å². The summed E-state index contributed by atoms with van der Waals surface area (Å²) in [5.74, 6) is 1.02. The molecular formula is C18H25Cl2N5OS. The Hall–Kier alpha value is -1.67. The van der Waals surface area contributed by atoms with Crippen LogP contribution < -0.4 is 11.1 Å². The minimum atomic E-state index is -0.181. The number of nitrogens with one attached hydrogen (secondary N) is 2. The molecule has 0 aliphatic heterocycles. The average Bonchev–Trinajstić information content (AvgIpc) is 3.20. The number of carbonyl (C=O) groups excluding carboxylic acids is 1. The number of fused-ring (bicyclic) bond motifs is 1. The lowest BCUT2D eigenvalue weighted by atomic mass is 10.0. The number of thiazole rings is 1. The fraction of sp³-hybridized carbons (Fsp3) is 0.389. The second-order valence-electron chi connectivity index (χ2n) is 6.46. The van der Waals surface area contributed by atoms with Gasteiger partial charge in [-0.15, -0.1) is 36.2 Å². The Morgan fingerprint density at radius 3 is 2.67 bits per heavy atom. The second-order valence-corrected chi connectivity index (χ2v) is 7.40. The van der Waals surface area contributed by atoms with Gasteiger partial charge in [0.05, 0.1) is 22.1 Å². The van der Waals surface area contributed by atoms with Crippen molar-refractivity contribution >= 4 is 53.1 Å². The highest BCUT2D eigenvalue weighted by atomic mass is 35.5.